The van der Waals surface area contributed by atoms with E-state index in [1.165, 1.54) is 42.7 Å². The summed E-state index contributed by atoms with van der Waals surface area (Å²) in [6.45, 7) is 0.757. The predicted molar refractivity (Wildman–Crippen MR) is 96.7 cm³/mol. The van der Waals surface area contributed by atoms with Crippen LogP contribution in [-0.2, 0) is 0 Å². The van der Waals surface area contributed by atoms with Crippen molar-refractivity contribution in [2.45, 2.75) is 57.4 Å². The Bertz CT molecular complexity index is 823. The van der Waals surface area contributed by atoms with Gasteiger partial charge in [-0.05, 0) is 37.3 Å². The lowest BCUT2D eigenvalue weighted by atomic mass is 9.84. The summed E-state index contributed by atoms with van der Waals surface area (Å²) < 4.78 is 1.46. The van der Waals surface area contributed by atoms with E-state index in [9.17, 15) is 9.59 Å². The van der Waals surface area contributed by atoms with E-state index in [1.807, 2.05) is 11.0 Å². The highest BCUT2D eigenvalue weighted by molar-refractivity contribution is 5.94. The minimum absolute atomic E-state index is 0.144. The number of likely N-dealkylation sites (tertiary alicyclic amines) is 1. The molecule has 1 aliphatic heterocycles. The van der Waals surface area contributed by atoms with Crippen LogP contribution in [-0.4, -0.2) is 32.8 Å². The van der Waals surface area contributed by atoms with Gasteiger partial charge in [-0.2, -0.15) is 0 Å². The summed E-state index contributed by atoms with van der Waals surface area (Å²) in [7, 11) is 0. The average molecular weight is 339 g/mol. The molecule has 2 aromatic heterocycles. The first-order valence-corrected chi connectivity index (χ1v) is 9.51. The highest BCUT2D eigenvalue weighted by Crippen LogP contribution is 2.32. The maximum Gasteiger partial charge on any atom is 0.270 e. The summed E-state index contributed by atoms with van der Waals surface area (Å²) in [5.74, 6) is 0.594. The number of hydrogen-bond donors (Lipinski definition) is 0. The van der Waals surface area contributed by atoms with Gasteiger partial charge in [-0.15, -0.1) is 0 Å². The van der Waals surface area contributed by atoms with Gasteiger partial charge in [0.05, 0.1) is 0 Å². The molecule has 2 aliphatic rings. The zero-order chi connectivity index (χ0) is 17.2. The van der Waals surface area contributed by atoms with E-state index in [2.05, 4.69) is 4.98 Å². The van der Waals surface area contributed by atoms with Gasteiger partial charge in [0, 0.05) is 25.0 Å². The van der Waals surface area contributed by atoms with Crippen LogP contribution >= 0.6 is 0 Å². The number of carbonyl (C=O) groups is 1. The molecule has 2 fully saturated rings. The number of rotatable bonds is 3. The molecule has 1 saturated carbocycles. The number of pyridine rings is 1. The summed E-state index contributed by atoms with van der Waals surface area (Å²) in [4.78, 5) is 32.0. The molecule has 0 aromatic carbocycles. The second-order valence-corrected chi connectivity index (χ2v) is 7.44. The van der Waals surface area contributed by atoms with Crippen LogP contribution in [0.3, 0.4) is 0 Å². The van der Waals surface area contributed by atoms with Gasteiger partial charge >= 0.3 is 0 Å². The van der Waals surface area contributed by atoms with Crippen molar-refractivity contribution >= 4 is 11.6 Å². The molecule has 0 N–H and O–H groups in total. The van der Waals surface area contributed by atoms with Gasteiger partial charge in [-0.25, -0.2) is 4.98 Å². The Balaban J connectivity index is 1.57. The smallest absolute Gasteiger partial charge is 0.270 e. The normalized spacial score (nSPS) is 21.8. The summed E-state index contributed by atoms with van der Waals surface area (Å²) in [5.41, 5.74) is 0.502. The molecule has 0 spiro atoms. The van der Waals surface area contributed by atoms with E-state index in [4.69, 9.17) is 0 Å². The number of fused-ring (bicyclic) bond motifs is 1. The molecule has 1 saturated heterocycles. The van der Waals surface area contributed by atoms with Gasteiger partial charge in [0.1, 0.15) is 11.2 Å². The Morgan fingerprint density at radius 2 is 1.96 bits per heavy atom. The fraction of sp³-hybridized carbons (Fsp3) is 0.550. The third kappa shape index (κ3) is 3.20. The quantitative estimate of drug-likeness (QED) is 0.862. The Kier molecular flexibility index (Phi) is 4.55. The highest BCUT2D eigenvalue weighted by Gasteiger charge is 2.32. The Morgan fingerprint density at radius 3 is 2.80 bits per heavy atom. The Hall–Kier alpha value is -2.17. The third-order valence-corrected chi connectivity index (χ3v) is 5.81. The lowest BCUT2D eigenvalue weighted by Gasteiger charge is -2.30. The number of aromatic nitrogens is 2. The molecular formula is C20H25N3O2. The molecule has 132 valence electrons. The van der Waals surface area contributed by atoms with Crippen LogP contribution in [0.5, 0.6) is 0 Å². The Labute approximate surface area is 147 Å². The maximum absolute atomic E-state index is 13.0. The second-order valence-electron chi connectivity index (χ2n) is 7.44. The van der Waals surface area contributed by atoms with Gasteiger partial charge < -0.3 is 4.90 Å². The molecule has 5 heteroatoms. The molecule has 2 aromatic rings. The van der Waals surface area contributed by atoms with Crippen molar-refractivity contribution in [1.82, 2.24) is 14.3 Å². The molecule has 1 atom stereocenters. The molecule has 0 radical (unpaired) electrons. The minimum Gasteiger partial charge on any atom is -0.335 e. The molecule has 4 rings (SSSR count). The van der Waals surface area contributed by atoms with E-state index in [1.54, 1.807) is 18.3 Å². The maximum atomic E-state index is 13.0. The van der Waals surface area contributed by atoms with E-state index >= 15 is 0 Å². The molecule has 0 bridgehead atoms. The summed E-state index contributed by atoms with van der Waals surface area (Å²) >= 11 is 0. The van der Waals surface area contributed by atoms with Crippen LogP contribution < -0.4 is 5.56 Å². The first-order valence-electron chi connectivity index (χ1n) is 9.51. The molecular weight excluding hydrogens is 314 g/mol. The van der Waals surface area contributed by atoms with Crippen molar-refractivity contribution in [2.24, 2.45) is 5.92 Å². The van der Waals surface area contributed by atoms with Gasteiger partial charge in [0.25, 0.3) is 11.5 Å². The lowest BCUT2D eigenvalue weighted by molar-refractivity contribution is 0.0709. The van der Waals surface area contributed by atoms with Gasteiger partial charge in [-0.3, -0.25) is 14.0 Å². The number of carbonyl (C=O) groups excluding carboxylic acids is 1. The summed E-state index contributed by atoms with van der Waals surface area (Å²) in [6, 6.07) is 5.68. The summed E-state index contributed by atoms with van der Waals surface area (Å²) in [5, 5.41) is 0. The van der Waals surface area contributed by atoms with Crippen LogP contribution in [0, 0.1) is 5.92 Å². The fourth-order valence-electron chi connectivity index (χ4n) is 4.48. The van der Waals surface area contributed by atoms with Gasteiger partial charge in [-0.1, -0.05) is 38.2 Å². The monoisotopic (exact) mass is 339 g/mol. The molecule has 1 amide bonds. The van der Waals surface area contributed by atoms with Crippen LogP contribution in [0.4, 0.5) is 0 Å². The molecule has 1 aliphatic carbocycles. The molecule has 5 nitrogen and oxygen atoms in total. The highest BCUT2D eigenvalue weighted by atomic mass is 16.2. The predicted octanol–water partition coefficient (Wildman–Crippen LogP) is 3.27. The van der Waals surface area contributed by atoms with Crippen molar-refractivity contribution in [3.05, 3.63) is 46.5 Å². The van der Waals surface area contributed by atoms with Crippen molar-refractivity contribution in [1.29, 1.82) is 0 Å². The largest absolute Gasteiger partial charge is 0.335 e. The zero-order valence-corrected chi connectivity index (χ0v) is 14.6. The van der Waals surface area contributed by atoms with Crippen molar-refractivity contribution < 1.29 is 4.79 Å². The SMILES string of the molecule is O=C(c1cnc2ccccn2c1=O)N1CCCC1CC1CCCCC1. The Morgan fingerprint density at radius 1 is 1.12 bits per heavy atom. The van der Waals surface area contributed by atoms with Crippen LogP contribution in [0.25, 0.3) is 5.65 Å². The first-order chi connectivity index (χ1) is 12.2. The van der Waals surface area contributed by atoms with Crippen LogP contribution in [0.15, 0.2) is 35.4 Å². The standard InChI is InChI=1S/C20H25N3O2/c24-19(17-14-21-18-10-4-5-11-23(18)20(17)25)22-12-6-9-16(22)13-15-7-2-1-3-8-15/h4-5,10-11,14-16H,1-3,6-9,12-13H2. The van der Waals surface area contributed by atoms with Gasteiger partial charge in [0.2, 0.25) is 0 Å². The molecule has 3 heterocycles. The average Bonchev–Trinajstić information content (AvgIpc) is 3.11. The van der Waals surface area contributed by atoms with E-state index in [0.29, 0.717) is 5.65 Å². The zero-order valence-electron chi connectivity index (χ0n) is 14.6. The third-order valence-electron chi connectivity index (χ3n) is 5.81. The topological polar surface area (TPSA) is 54.7 Å². The summed E-state index contributed by atoms with van der Waals surface area (Å²) in [6.07, 6.45) is 12.9. The van der Waals surface area contributed by atoms with Gasteiger partial charge in [0.15, 0.2) is 0 Å². The number of nitrogens with zero attached hydrogens (tertiary/aromatic N) is 3. The van der Waals surface area contributed by atoms with E-state index < -0.39 is 0 Å². The number of amides is 1. The fourth-order valence-corrected chi connectivity index (χ4v) is 4.48. The second kappa shape index (κ2) is 6.98. The van der Waals surface area contributed by atoms with E-state index in [-0.39, 0.29) is 23.1 Å². The number of hydrogen-bond acceptors (Lipinski definition) is 3. The van der Waals surface area contributed by atoms with Crippen LogP contribution in [0.1, 0.15) is 61.7 Å². The molecule has 1 unspecified atom stereocenters. The minimum atomic E-state index is -0.265. The molecule has 25 heavy (non-hydrogen) atoms. The van der Waals surface area contributed by atoms with E-state index in [0.717, 1.165) is 31.7 Å². The van der Waals surface area contributed by atoms with Crippen LogP contribution in [0.2, 0.25) is 0 Å². The lowest BCUT2D eigenvalue weighted by Crippen LogP contribution is -2.40. The first kappa shape index (κ1) is 16.3. The van der Waals surface area contributed by atoms with Crippen molar-refractivity contribution in [3.8, 4) is 0 Å². The van der Waals surface area contributed by atoms with Crippen molar-refractivity contribution in [3.63, 3.8) is 0 Å². The van der Waals surface area contributed by atoms with Crippen molar-refractivity contribution in [2.75, 3.05) is 6.54 Å².